The first-order chi connectivity index (χ1) is 7.35. The van der Waals surface area contributed by atoms with Crippen LogP contribution in [0.1, 0.15) is 52.4 Å². The van der Waals surface area contributed by atoms with Crippen molar-refractivity contribution in [3.05, 3.63) is 0 Å². The molecule has 0 radical (unpaired) electrons. The van der Waals surface area contributed by atoms with Crippen LogP contribution < -0.4 is 5.73 Å². The van der Waals surface area contributed by atoms with Crippen LogP contribution in [-0.4, -0.2) is 26.0 Å². The van der Waals surface area contributed by atoms with Crippen LogP contribution in [0.15, 0.2) is 0 Å². The first-order valence-electron chi connectivity index (χ1n) is 6.28. The Hall–Kier alpha value is -0.120. The highest BCUT2D eigenvalue weighted by molar-refractivity contribution is 4.49. The summed E-state index contributed by atoms with van der Waals surface area (Å²) in [5.41, 5.74) is 5.43. The molecule has 0 amide bonds. The second-order valence-corrected chi connectivity index (χ2v) is 3.69. The van der Waals surface area contributed by atoms with Crippen molar-refractivity contribution in [1.82, 2.24) is 0 Å². The Balaban J connectivity index is 3.28. The molecule has 0 bridgehead atoms. The highest BCUT2D eigenvalue weighted by Crippen LogP contribution is 2.10. The maximum absolute atomic E-state index is 5.47. The molecule has 0 rings (SSSR count). The van der Waals surface area contributed by atoms with Gasteiger partial charge < -0.3 is 15.2 Å². The molecule has 0 aromatic heterocycles. The van der Waals surface area contributed by atoms with Gasteiger partial charge in [0.05, 0.1) is 0 Å². The van der Waals surface area contributed by atoms with Crippen LogP contribution in [0.5, 0.6) is 0 Å². The SMILES string of the molecule is CCOC(CCCCCCCN)OCC. The fraction of sp³-hybridized carbons (Fsp3) is 1.00. The lowest BCUT2D eigenvalue weighted by atomic mass is 10.1. The summed E-state index contributed by atoms with van der Waals surface area (Å²) in [6.07, 6.45) is 7.16. The van der Waals surface area contributed by atoms with Crippen molar-refractivity contribution < 1.29 is 9.47 Å². The summed E-state index contributed by atoms with van der Waals surface area (Å²) in [7, 11) is 0. The zero-order valence-corrected chi connectivity index (χ0v) is 10.3. The van der Waals surface area contributed by atoms with E-state index in [0.29, 0.717) is 0 Å². The van der Waals surface area contributed by atoms with E-state index in [-0.39, 0.29) is 6.29 Å². The summed E-state index contributed by atoms with van der Waals surface area (Å²) < 4.78 is 10.9. The molecule has 0 aliphatic heterocycles. The van der Waals surface area contributed by atoms with E-state index in [1.165, 1.54) is 25.7 Å². The van der Waals surface area contributed by atoms with Crippen LogP contribution in [-0.2, 0) is 9.47 Å². The van der Waals surface area contributed by atoms with Crippen LogP contribution in [0.3, 0.4) is 0 Å². The number of hydrogen-bond donors (Lipinski definition) is 1. The van der Waals surface area contributed by atoms with Crippen molar-refractivity contribution in [2.45, 2.75) is 58.7 Å². The van der Waals surface area contributed by atoms with Gasteiger partial charge >= 0.3 is 0 Å². The zero-order valence-electron chi connectivity index (χ0n) is 10.3. The van der Waals surface area contributed by atoms with Crippen LogP contribution in [0, 0.1) is 0 Å². The second-order valence-electron chi connectivity index (χ2n) is 3.69. The van der Waals surface area contributed by atoms with E-state index < -0.39 is 0 Å². The maximum Gasteiger partial charge on any atom is 0.157 e. The molecule has 0 spiro atoms. The van der Waals surface area contributed by atoms with E-state index in [0.717, 1.165) is 32.6 Å². The molecule has 0 aliphatic rings. The van der Waals surface area contributed by atoms with Gasteiger partial charge in [-0.25, -0.2) is 0 Å². The summed E-state index contributed by atoms with van der Waals surface area (Å²) in [6, 6.07) is 0. The summed E-state index contributed by atoms with van der Waals surface area (Å²) in [5.74, 6) is 0. The van der Waals surface area contributed by atoms with Gasteiger partial charge in [-0.15, -0.1) is 0 Å². The summed E-state index contributed by atoms with van der Waals surface area (Å²) in [6.45, 7) is 6.30. The molecule has 0 aromatic carbocycles. The predicted octanol–water partition coefficient (Wildman–Crippen LogP) is 2.68. The van der Waals surface area contributed by atoms with Crippen molar-refractivity contribution in [1.29, 1.82) is 0 Å². The second kappa shape index (κ2) is 12.0. The van der Waals surface area contributed by atoms with Gasteiger partial charge in [-0.1, -0.05) is 19.3 Å². The number of ether oxygens (including phenoxy) is 2. The van der Waals surface area contributed by atoms with Crippen molar-refractivity contribution in [3.8, 4) is 0 Å². The molecular weight excluding hydrogens is 190 g/mol. The fourth-order valence-electron chi connectivity index (χ4n) is 1.57. The number of unbranched alkanes of at least 4 members (excludes halogenated alkanes) is 4. The molecule has 0 atom stereocenters. The Morgan fingerprint density at radius 2 is 1.40 bits per heavy atom. The van der Waals surface area contributed by atoms with Crippen LogP contribution >= 0.6 is 0 Å². The molecule has 0 unspecified atom stereocenters. The maximum atomic E-state index is 5.47. The standard InChI is InChI=1S/C12H27NO2/c1-3-14-12(15-4-2)10-8-6-5-7-9-11-13/h12H,3-11,13H2,1-2H3. The molecule has 0 saturated carbocycles. The summed E-state index contributed by atoms with van der Waals surface area (Å²) in [4.78, 5) is 0. The van der Waals surface area contributed by atoms with Crippen molar-refractivity contribution in [3.63, 3.8) is 0 Å². The molecule has 0 fully saturated rings. The van der Waals surface area contributed by atoms with Gasteiger partial charge in [0.25, 0.3) is 0 Å². The van der Waals surface area contributed by atoms with Gasteiger partial charge in [0.1, 0.15) is 0 Å². The Kier molecular flexibility index (Phi) is 11.9. The fourth-order valence-corrected chi connectivity index (χ4v) is 1.57. The molecule has 0 heterocycles. The number of nitrogens with two attached hydrogens (primary N) is 1. The Bertz CT molecular complexity index is 114. The summed E-state index contributed by atoms with van der Waals surface area (Å²) >= 11 is 0. The Morgan fingerprint density at radius 1 is 0.867 bits per heavy atom. The zero-order chi connectivity index (χ0) is 11.4. The molecule has 92 valence electrons. The Morgan fingerprint density at radius 3 is 1.93 bits per heavy atom. The van der Waals surface area contributed by atoms with E-state index in [1.807, 2.05) is 13.8 Å². The molecule has 15 heavy (non-hydrogen) atoms. The molecule has 2 N–H and O–H groups in total. The highest BCUT2D eigenvalue weighted by Gasteiger charge is 2.06. The van der Waals surface area contributed by atoms with Crippen molar-refractivity contribution in [2.75, 3.05) is 19.8 Å². The van der Waals surface area contributed by atoms with Gasteiger partial charge in [-0.3, -0.25) is 0 Å². The average Bonchev–Trinajstić information content (AvgIpc) is 2.24. The number of hydrogen-bond acceptors (Lipinski definition) is 3. The summed E-state index contributed by atoms with van der Waals surface area (Å²) in [5, 5.41) is 0. The minimum atomic E-state index is 0.00880. The minimum Gasteiger partial charge on any atom is -0.353 e. The van der Waals surface area contributed by atoms with Crippen LogP contribution in [0.4, 0.5) is 0 Å². The van der Waals surface area contributed by atoms with Gasteiger partial charge in [-0.2, -0.15) is 0 Å². The molecule has 3 nitrogen and oxygen atoms in total. The van der Waals surface area contributed by atoms with E-state index in [1.54, 1.807) is 0 Å². The molecule has 3 heteroatoms. The molecule has 0 aliphatic carbocycles. The highest BCUT2D eigenvalue weighted by atomic mass is 16.7. The Labute approximate surface area is 94.3 Å². The third kappa shape index (κ3) is 10.2. The molecular formula is C12H27NO2. The topological polar surface area (TPSA) is 44.5 Å². The van der Waals surface area contributed by atoms with Crippen LogP contribution in [0.2, 0.25) is 0 Å². The van der Waals surface area contributed by atoms with Gasteiger partial charge in [-0.05, 0) is 39.7 Å². The van der Waals surface area contributed by atoms with E-state index in [2.05, 4.69) is 0 Å². The van der Waals surface area contributed by atoms with Gasteiger partial charge in [0.15, 0.2) is 6.29 Å². The normalized spacial score (nSPS) is 11.2. The van der Waals surface area contributed by atoms with Gasteiger partial charge in [0.2, 0.25) is 0 Å². The smallest absolute Gasteiger partial charge is 0.157 e. The third-order valence-corrected chi connectivity index (χ3v) is 2.35. The lowest BCUT2D eigenvalue weighted by molar-refractivity contribution is -0.140. The molecule has 0 saturated heterocycles. The van der Waals surface area contributed by atoms with E-state index in [9.17, 15) is 0 Å². The lowest BCUT2D eigenvalue weighted by Gasteiger charge is -2.16. The van der Waals surface area contributed by atoms with Gasteiger partial charge in [0, 0.05) is 13.2 Å². The quantitative estimate of drug-likeness (QED) is 0.427. The lowest BCUT2D eigenvalue weighted by Crippen LogP contribution is -2.17. The predicted molar refractivity (Wildman–Crippen MR) is 63.8 cm³/mol. The minimum absolute atomic E-state index is 0.00880. The third-order valence-electron chi connectivity index (χ3n) is 2.35. The largest absolute Gasteiger partial charge is 0.353 e. The molecule has 0 aromatic rings. The monoisotopic (exact) mass is 217 g/mol. The van der Waals surface area contributed by atoms with E-state index >= 15 is 0 Å². The first kappa shape index (κ1) is 14.9. The van der Waals surface area contributed by atoms with E-state index in [4.69, 9.17) is 15.2 Å². The van der Waals surface area contributed by atoms with Crippen molar-refractivity contribution >= 4 is 0 Å². The first-order valence-corrected chi connectivity index (χ1v) is 6.28. The van der Waals surface area contributed by atoms with Crippen LogP contribution in [0.25, 0.3) is 0 Å². The number of rotatable bonds is 11. The van der Waals surface area contributed by atoms with Crippen molar-refractivity contribution in [2.24, 2.45) is 5.73 Å². The average molecular weight is 217 g/mol.